The van der Waals surface area contributed by atoms with Crippen LogP contribution in [0.1, 0.15) is 12.0 Å². The van der Waals surface area contributed by atoms with Crippen LogP contribution in [0.3, 0.4) is 0 Å². The topological polar surface area (TPSA) is 96.8 Å². The number of nitrogens with zero attached hydrogens (tertiary/aromatic N) is 4. The largest absolute Gasteiger partial charge is 0.383 e. The molecule has 0 aliphatic carbocycles. The number of carbonyl (C=O) groups is 1. The van der Waals surface area contributed by atoms with Gasteiger partial charge in [0.15, 0.2) is 0 Å². The van der Waals surface area contributed by atoms with Crippen molar-refractivity contribution in [3.63, 3.8) is 0 Å². The second-order valence-electron chi connectivity index (χ2n) is 5.77. The standard InChI is InChI=1S/C14H25N5O4S/c1-23-9-8-18-12-13(11-16-18)10-15-14(20)17-4-3-5-19(7-6-17)24(2,21)22/h11-12H,3-10H2,1-2H3,(H,15,20). The van der Waals surface area contributed by atoms with E-state index in [1.807, 2.05) is 6.20 Å². The molecule has 1 fully saturated rings. The van der Waals surface area contributed by atoms with Gasteiger partial charge >= 0.3 is 6.03 Å². The van der Waals surface area contributed by atoms with Crippen molar-refractivity contribution in [3.8, 4) is 0 Å². The van der Waals surface area contributed by atoms with Crippen LogP contribution in [0.5, 0.6) is 0 Å². The maximum absolute atomic E-state index is 12.3. The predicted molar refractivity (Wildman–Crippen MR) is 88.9 cm³/mol. The highest BCUT2D eigenvalue weighted by atomic mass is 32.2. The lowest BCUT2D eigenvalue weighted by Gasteiger charge is -2.21. The van der Waals surface area contributed by atoms with Crippen LogP contribution in [0, 0.1) is 0 Å². The molecular formula is C14H25N5O4S. The summed E-state index contributed by atoms with van der Waals surface area (Å²) in [5, 5.41) is 7.05. The maximum atomic E-state index is 12.3. The van der Waals surface area contributed by atoms with Crippen LogP contribution in [0.25, 0.3) is 0 Å². The van der Waals surface area contributed by atoms with E-state index in [4.69, 9.17) is 4.74 Å². The van der Waals surface area contributed by atoms with Crippen LogP contribution < -0.4 is 5.32 Å². The lowest BCUT2D eigenvalue weighted by Crippen LogP contribution is -2.42. The highest BCUT2D eigenvalue weighted by molar-refractivity contribution is 7.88. The minimum Gasteiger partial charge on any atom is -0.383 e. The Balaban J connectivity index is 1.81. The molecule has 0 aromatic carbocycles. The molecule has 1 N–H and O–H groups in total. The first-order valence-electron chi connectivity index (χ1n) is 7.88. The third-order valence-electron chi connectivity index (χ3n) is 3.87. The van der Waals surface area contributed by atoms with Gasteiger partial charge in [0, 0.05) is 51.6 Å². The number of hydrogen-bond acceptors (Lipinski definition) is 5. The summed E-state index contributed by atoms with van der Waals surface area (Å²) in [4.78, 5) is 13.9. The quantitative estimate of drug-likeness (QED) is 0.753. The van der Waals surface area contributed by atoms with E-state index in [0.29, 0.717) is 52.3 Å². The first kappa shape index (κ1) is 18.7. The zero-order valence-electron chi connectivity index (χ0n) is 14.1. The van der Waals surface area contributed by atoms with Gasteiger partial charge in [0.05, 0.1) is 25.6 Å². The number of sulfonamides is 1. The maximum Gasteiger partial charge on any atom is 0.317 e. The van der Waals surface area contributed by atoms with Crippen LogP contribution in [-0.4, -0.2) is 79.6 Å². The van der Waals surface area contributed by atoms with Crippen molar-refractivity contribution >= 4 is 16.1 Å². The van der Waals surface area contributed by atoms with E-state index in [-0.39, 0.29) is 6.03 Å². The zero-order valence-corrected chi connectivity index (χ0v) is 15.0. The van der Waals surface area contributed by atoms with Gasteiger partial charge in [-0.2, -0.15) is 5.10 Å². The summed E-state index contributed by atoms with van der Waals surface area (Å²) in [5.41, 5.74) is 0.909. The Morgan fingerprint density at radius 2 is 2.12 bits per heavy atom. The molecule has 9 nitrogen and oxygen atoms in total. The molecule has 24 heavy (non-hydrogen) atoms. The molecule has 0 radical (unpaired) electrons. The number of methoxy groups -OCH3 is 1. The molecular weight excluding hydrogens is 334 g/mol. The van der Waals surface area contributed by atoms with E-state index in [9.17, 15) is 13.2 Å². The second kappa shape index (κ2) is 8.45. The third-order valence-corrected chi connectivity index (χ3v) is 5.17. The number of nitrogens with one attached hydrogen (secondary N) is 1. The first-order chi connectivity index (χ1) is 11.4. The third kappa shape index (κ3) is 5.46. The van der Waals surface area contributed by atoms with Gasteiger partial charge in [-0.1, -0.05) is 0 Å². The minimum atomic E-state index is -3.20. The Bertz CT molecular complexity index is 645. The molecule has 1 saturated heterocycles. The molecule has 0 unspecified atom stereocenters. The molecule has 0 bridgehead atoms. The first-order valence-corrected chi connectivity index (χ1v) is 9.73. The minimum absolute atomic E-state index is 0.185. The second-order valence-corrected chi connectivity index (χ2v) is 7.75. The molecule has 1 aromatic heterocycles. The van der Waals surface area contributed by atoms with E-state index >= 15 is 0 Å². The van der Waals surface area contributed by atoms with Crippen LogP contribution >= 0.6 is 0 Å². The van der Waals surface area contributed by atoms with Gasteiger partial charge < -0.3 is 15.0 Å². The molecule has 136 valence electrons. The van der Waals surface area contributed by atoms with Crippen LogP contribution in [0.4, 0.5) is 4.79 Å². The molecule has 1 aromatic rings. The van der Waals surface area contributed by atoms with Gasteiger partial charge in [0.2, 0.25) is 10.0 Å². The van der Waals surface area contributed by atoms with Gasteiger partial charge in [-0.3, -0.25) is 4.68 Å². The number of carbonyl (C=O) groups excluding carboxylic acids is 1. The van der Waals surface area contributed by atoms with Gasteiger partial charge in [0.25, 0.3) is 0 Å². The molecule has 2 heterocycles. The Labute approximate surface area is 142 Å². The number of rotatable bonds is 6. The average Bonchev–Trinajstić information content (AvgIpc) is 2.82. The highest BCUT2D eigenvalue weighted by Crippen LogP contribution is 2.07. The number of hydrogen-bond donors (Lipinski definition) is 1. The molecule has 2 amide bonds. The normalized spacial score (nSPS) is 16.8. The molecule has 0 atom stereocenters. The van der Waals surface area contributed by atoms with E-state index in [0.717, 1.165) is 5.56 Å². The van der Waals surface area contributed by atoms with Gasteiger partial charge in [-0.25, -0.2) is 17.5 Å². The van der Waals surface area contributed by atoms with E-state index in [1.54, 1.807) is 22.9 Å². The van der Waals surface area contributed by atoms with Crippen LogP contribution in [0.15, 0.2) is 12.4 Å². The number of ether oxygens (including phenoxy) is 1. The Kier molecular flexibility index (Phi) is 6.58. The molecule has 1 aliphatic heterocycles. The summed E-state index contributed by atoms with van der Waals surface area (Å²) >= 11 is 0. The lowest BCUT2D eigenvalue weighted by atomic mass is 10.3. The Morgan fingerprint density at radius 3 is 2.83 bits per heavy atom. The van der Waals surface area contributed by atoms with Gasteiger partial charge in [0.1, 0.15) is 0 Å². The molecule has 0 saturated carbocycles. The van der Waals surface area contributed by atoms with Gasteiger partial charge in [-0.15, -0.1) is 0 Å². The average molecular weight is 359 g/mol. The predicted octanol–water partition coefficient (Wildman–Crippen LogP) is -0.294. The molecule has 10 heteroatoms. The summed E-state index contributed by atoms with van der Waals surface area (Å²) in [5.74, 6) is 0. The van der Waals surface area contributed by atoms with Crippen molar-refractivity contribution in [1.82, 2.24) is 24.3 Å². The van der Waals surface area contributed by atoms with Crippen molar-refractivity contribution in [2.45, 2.75) is 19.5 Å². The Hall–Kier alpha value is -1.65. The van der Waals surface area contributed by atoms with E-state index in [2.05, 4.69) is 10.4 Å². The van der Waals surface area contributed by atoms with Crippen LogP contribution in [0.2, 0.25) is 0 Å². The summed E-state index contributed by atoms with van der Waals surface area (Å²) in [7, 11) is -1.57. The number of urea groups is 1. The smallest absolute Gasteiger partial charge is 0.317 e. The number of amides is 2. The molecule has 2 rings (SSSR count). The zero-order chi connectivity index (χ0) is 17.6. The summed E-state index contributed by atoms with van der Waals surface area (Å²) < 4.78 is 31.4. The molecule has 0 spiro atoms. The summed E-state index contributed by atoms with van der Waals surface area (Å²) in [6, 6.07) is -0.185. The fourth-order valence-electron chi connectivity index (χ4n) is 2.52. The number of aromatic nitrogens is 2. The van der Waals surface area contributed by atoms with Crippen molar-refractivity contribution in [3.05, 3.63) is 18.0 Å². The van der Waals surface area contributed by atoms with Crippen molar-refractivity contribution < 1.29 is 17.9 Å². The highest BCUT2D eigenvalue weighted by Gasteiger charge is 2.23. The van der Waals surface area contributed by atoms with Crippen molar-refractivity contribution in [2.24, 2.45) is 0 Å². The summed E-state index contributed by atoms with van der Waals surface area (Å²) in [6.07, 6.45) is 5.41. The van der Waals surface area contributed by atoms with Crippen LogP contribution in [-0.2, 0) is 27.8 Å². The van der Waals surface area contributed by atoms with Gasteiger partial charge in [-0.05, 0) is 6.42 Å². The summed E-state index contributed by atoms with van der Waals surface area (Å²) in [6.45, 7) is 3.36. The lowest BCUT2D eigenvalue weighted by molar-refractivity contribution is 0.183. The fourth-order valence-corrected chi connectivity index (χ4v) is 3.40. The SMILES string of the molecule is COCCn1cc(CNC(=O)N2CCCN(S(C)(=O)=O)CC2)cn1. The van der Waals surface area contributed by atoms with E-state index in [1.165, 1.54) is 10.6 Å². The van der Waals surface area contributed by atoms with E-state index < -0.39 is 10.0 Å². The Morgan fingerprint density at radius 1 is 1.33 bits per heavy atom. The molecule has 1 aliphatic rings. The van der Waals surface area contributed by atoms with Crippen molar-refractivity contribution in [2.75, 3.05) is 46.2 Å². The fraction of sp³-hybridized carbons (Fsp3) is 0.714. The monoisotopic (exact) mass is 359 g/mol. The van der Waals surface area contributed by atoms with Crippen molar-refractivity contribution in [1.29, 1.82) is 0 Å².